The van der Waals surface area contributed by atoms with Gasteiger partial charge >= 0.3 is 0 Å². The summed E-state index contributed by atoms with van der Waals surface area (Å²) in [4.78, 5) is 11.6. The van der Waals surface area contributed by atoms with Gasteiger partial charge in [0, 0.05) is 18.1 Å². The van der Waals surface area contributed by atoms with Gasteiger partial charge in [-0.25, -0.2) is 0 Å². The first kappa shape index (κ1) is 12.5. The average Bonchev–Trinajstić information content (AvgIpc) is 2.29. The van der Waals surface area contributed by atoms with E-state index in [-0.39, 0.29) is 17.1 Å². The van der Waals surface area contributed by atoms with Gasteiger partial charge < -0.3 is 14.6 Å². The highest BCUT2D eigenvalue weighted by Crippen LogP contribution is 2.43. The molecule has 0 saturated carbocycles. The van der Waals surface area contributed by atoms with Crippen LogP contribution in [0.3, 0.4) is 0 Å². The number of phenolic OH excluding ortho intramolecular Hbond substituents is 1. The van der Waals surface area contributed by atoms with E-state index in [0.717, 1.165) is 16.9 Å². The number of fused-ring (bicyclic) bond motifs is 1. The molecule has 1 heterocycles. The Kier molecular flexibility index (Phi) is 3.03. The number of Topliss-reactive ketones (excluding diaryl/α,β-unsaturated/α-hetero) is 1. The van der Waals surface area contributed by atoms with Gasteiger partial charge in [-0.2, -0.15) is 0 Å². The summed E-state index contributed by atoms with van der Waals surface area (Å²) < 4.78 is 10.9. The first-order valence-electron chi connectivity index (χ1n) is 5.73. The quantitative estimate of drug-likeness (QED) is 0.818. The molecule has 18 heavy (non-hydrogen) atoms. The molecule has 0 aromatic heterocycles. The van der Waals surface area contributed by atoms with Gasteiger partial charge in [-0.1, -0.05) is 0 Å². The highest BCUT2D eigenvalue weighted by Gasteiger charge is 2.26. The van der Waals surface area contributed by atoms with Gasteiger partial charge in [0.1, 0.15) is 28.6 Å². The van der Waals surface area contributed by atoms with Crippen molar-refractivity contribution in [3.8, 4) is 17.2 Å². The molecule has 0 radical (unpaired) electrons. The normalized spacial score (nSPS) is 14.0. The van der Waals surface area contributed by atoms with E-state index in [2.05, 4.69) is 0 Å². The number of benzene rings is 1. The second-order valence-electron chi connectivity index (χ2n) is 4.45. The Balaban J connectivity index is 2.71. The fourth-order valence-electron chi connectivity index (χ4n) is 2.09. The van der Waals surface area contributed by atoms with Gasteiger partial charge in [0.25, 0.3) is 0 Å². The van der Waals surface area contributed by atoms with Crippen molar-refractivity contribution in [1.82, 2.24) is 0 Å². The summed E-state index contributed by atoms with van der Waals surface area (Å²) in [7, 11) is 1.53. The number of ether oxygens (including phenoxy) is 2. The second kappa shape index (κ2) is 4.37. The van der Waals surface area contributed by atoms with E-state index in [1.807, 2.05) is 13.8 Å². The Hall–Kier alpha value is -1.97. The lowest BCUT2D eigenvalue weighted by molar-refractivity contribution is 0.101. The topological polar surface area (TPSA) is 55.8 Å². The smallest absolute Gasteiger partial charge is 0.167 e. The molecule has 1 aliphatic rings. The third kappa shape index (κ3) is 1.83. The Morgan fingerprint density at radius 3 is 2.67 bits per heavy atom. The van der Waals surface area contributed by atoms with Crippen LogP contribution in [-0.4, -0.2) is 18.0 Å². The van der Waals surface area contributed by atoms with Crippen LogP contribution in [0.25, 0.3) is 0 Å². The Morgan fingerprint density at radius 2 is 2.11 bits per heavy atom. The average molecular weight is 248 g/mol. The molecule has 0 bridgehead atoms. The van der Waals surface area contributed by atoms with Gasteiger partial charge in [0.15, 0.2) is 5.78 Å². The van der Waals surface area contributed by atoms with Gasteiger partial charge in [0.05, 0.1) is 7.11 Å². The summed E-state index contributed by atoms with van der Waals surface area (Å²) in [6, 6.07) is 1.47. The molecule has 0 spiro atoms. The van der Waals surface area contributed by atoms with Crippen LogP contribution < -0.4 is 9.47 Å². The lowest BCUT2D eigenvalue weighted by Gasteiger charge is -2.24. The number of aromatic hydroxyl groups is 1. The summed E-state index contributed by atoms with van der Waals surface area (Å²) in [5.74, 6) is 1.39. The maximum atomic E-state index is 11.6. The summed E-state index contributed by atoms with van der Waals surface area (Å²) in [6.07, 6.45) is 0.658. The third-order valence-electron chi connectivity index (χ3n) is 3.19. The van der Waals surface area contributed by atoms with E-state index in [9.17, 15) is 9.90 Å². The van der Waals surface area contributed by atoms with E-state index < -0.39 is 0 Å². The first-order valence-corrected chi connectivity index (χ1v) is 5.73. The number of carbonyl (C=O) groups excluding carboxylic acids is 1. The molecule has 2 rings (SSSR count). The van der Waals surface area contributed by atoms with Crippen molar-refractivity contribution in [3.05, 3.63) is 28.5 Å². The minimum atomic E-state index is -0.223. The van der Waals surface area contributed by atoms with Gasteiger partial charge in [-0.05, 0) is 26.3 Å². The van der Waals surface area contributed by atoms with Gasteiger partial charge in [-0.15, -0.1) is 0 Å². The minimum absolute atomic E-state index is 0.106. The standard InChI is InChI=1S/C14H16O4/c1-7-5-10-12(17-4)6-11(16)13(8(2)15)14(10)18-9(7)3/h6,16H,5H2,1-4H3. The number of methoxy groups -OCH3 is 1. The van der Waals surface area contributed by atoms with Crippen molar-refractivity contribution < 1.29 is 19.4 Å². The molecule has 0 aliphatic carbocycles. The van der Waals surface area contributed by atoms with Crippen LogP contribution in [-0.2, 0) is 6.42 Å². The second-order valence-corrected chi connectivity index (χ2v) is 4.45. The van der Waals surface area contributed by atoms with Crippen molar-refractivity contribution in [1.29, 1.82) is 0 Å². The zero-order chi connectivity index (χ0) is 13.4. The highest BCUT2D eigenvalue weighted by atomic mass is 16.5. The molecule has 1 aromatic rings. The molecule has 1 N–H and O–H groups in total. The van der Waals surface area contributed by atoms with Crippen LogP contribution in [0.5, 0.6) is 17.2 Å². The van der Waals surface area contributed by atoms with Crippen LogP contribution >= 0.6 is 0 Å². The van der Waals surface area contributed by atoms with Crippen LogP contribution in [0.2, 0.25) is 0 Å². The minimum Gasteiger partial charge on any atom is -0.507 e. The molecule has 0 amide bonds. The number of rotatable bonds is 2. The zero-order valence-corrected chi connectivity index (χ0v) is 11.0. The van der Waals surface area contributed by atoms with E-state index in [1.54, 1.807) is 0 Å². The molecule has 4 heteroatoms. The summed E-state index contributed by atoms with van der Waals surface area (Å²) in [5.41, 5.74) is 2.11. The van der Waals surface area contributed by atoms with Crippen LogP contribution in [0, 0.1) is 0 Å². The van der Waals surface area contributed by atoms with Crippen molar-refractivity contribution in [2.75, 3.05) is 7.11 Å². The van der Waals surface area contributed by atoms with Gasteiger partial charge in [0.2, 0.25) is 0 Å². The number of allylic oxidation sites excluding steroid dienone is 2. The number of ketones is 1. The Labute approximate surface area is 106 Å². The Morgan fingerprint density at radius 1 is 1.44 bits per heavy atom. The molecule has 4 nitrogen and oxygen atoms in total. The summed E-state index contributed by atoms with van der Waals surface area (Å²) in [5, 5.41) is 9.90. The predicted molar refractivity (Wildman–Crippen MR) is 67.4 cm³/mol. The molecule has 1 aromatic carbocycles. The van der Waals surface area contributed by atoms with Crippen LogP contribution in [0.4, 0.5) is 0 Å². The third-order valence-corrected chi connectivity index (χ3v) is 3.19. The van der Waals surface area contributed by atoms with E-state index in [1.165, 1.54) is 20.1 Å². The molecular weight excluding hydrogens is 232 g/mol. The van der Waals surface area contributed by atoms with E-state index in [4.69, 9.17) is 9.47 Å². The molecule has 1 aliphatic heterocycles. The van der Waals surface area contributed by atoms with Gasteiger partial charge in [-0.3, -0.25) is 4.79 Å². The maximum Gasteiger partial charge on any atom is 0.167 e. The molecule has 96 valence electrons. The predicted octanol–water partition coefficient (Wildman–Crippen LogP) is 2.83. The highest BCUT2D eigenvalue weighted by molar-refractivity contribution is 6.00. The lowest BCUT2D eigenvalue weighted by Crippen LogP contribution is -2.12. The summed E-state index contributed by atoms with van der Waals surface area (Å²) >= 11 is 0. The monoisotopic (exact) mass is 248 g/mol. The molecule has 0 unspecified atom stereocenters. The van der Waals surface area contributed by atoms with E-state index >= 15 is 0 Å². The number of phenols is 1. The first-order chi connectivity index (χ1) is 8.45. The SMILES string of the molecule is COc1cc(O)c(C(C)=O)c2c1CC(C)=C(C)O2. The maximum absolute atomic E-state index is 11.6. The largest absolute Gasteiger partial charge is 0.507 e. The van der Waals surface area contributed by atoms with Crippen molar-refractivity contribution >= 4 is 5.78 Å². The van der Waals surface area contributed by atoms with Crippen LogP contribution in [0.1, 0.15) is 36.7 Å². The van der Waals surface area contributed by atoms with Crippen molar-refractivity contribution in [2.45, 2.75) is 27.2 Å². The molecule has 0 fully saturated rings. The number of carbonyl (C=O) groups is 1. The zero-order valence-electron chi connectivity index (χ0n) is 11.0. The summed E-state index contributed by atoms with van der Waals surface area (Å²) in [6.45, 7) is 5.22. The fourth-order valence-corrected chi connectivity index (χ4v) is 2.09. The number of hydrogen-bond donors (Lipinski definition) is 1. The Bertz CT molecular complexity index is 555. The van der Waals surface area contributed by atoms with E-state index in [0.29, 0.717) is 17.9 Å². The van der Waals surface area contributed by atoms with Crippen molar-refractivity contribution in [2.24, 2.45) is 0 Å². The van der Waals surface area contributed by atoms with Crippen LogP contribution in [0.15, 0.2) is 17.4 Å². The van der Waals surface area contributed by atoms with Crippen molar-refractivity contribution in [3.63, 3.8) is 0 Å². The lowest BCUT2D eigenvalue weighted by atomic mass is 9.96. The fraction of sp³-hybridized carbons (Fsp3) is 0.357. The molecule has 0 atom stereocenters. The molecule has 0 saturated heterocycles. The number of hydrogen-bond acceptors (Lipinski definition) is 4. The molecular formula is C14H16O4.